The van der Waals surface area contributed by atoms with Crippen LogP contribution in [-0.4, -0.2) is 88.1 Å². The highest BCUT2D eigenvalue weighted by atomic mass is 16.5. The van der Waals surface area contributed by atoms with Gasteiger partial charge in [0, 0.05) is 37.9 Å². The Kier molecular flexibility index (Phi) is 11.2. The van der Waals surface area contributed by atoms with Crippen LogP contribution in [0.3, 0.4) is 0 Å². The summed E-state index contributed by atoms with van der Waals surface area (Å²) >= 11 is 0. The highest BCUT2D eigenvalue weighted by molar-refractivity contribution is 5.96. The van der Waals surface area contributed by atoms with Gasteiger partial charge in [-0.2, -0.15) is 5.10 Å². The Morgan fingerprint density at radius 1 is 0.922 bits per heavy atom. The van der Waals surface area contributed by atoms with Crippen molar-refractivity contribution in [1.82, 2.24) is 35.9 Å². The molecule has 0 saturated carbocycles. The Labute approximate surface area is 296 Å². The molecule has 13 nitrogen and oxygen atoms in total. The molecule has 13 heteroatoms. The van der Waals surface area contributed by atoms with Crippen LogP contribution in [0.4, 0.5) is 0 Å². The van der Waals surface area contributed by atoms with Crippen molar-refractivity contribution in [1.29, 1.82) is 0 Å². The Morgan fingerprint density at radius 2 is 1.69 bits per heavy atom. The fourth-order valence-electron chi connectivity index (χ4n) is 6.54. The first-order valence-electron chi connectivity index (χ1n) is 17.4. The van der Waals surface area contributed by atoms with Gasteiger partial charge in [-0.05, 0) is 55.5 Å². The number of nitrogens with zero attached hydrogens (tertiary/aromatic N) is 3. The van der Waals surface area contributed by atoms with E-state index in [1.807, 2.05) is 65.5 Å². The number of fused-ring (bicyclic) bond motifs is 14. The second kappa shape index (κ2) is 16.3. The van der Waals surface area contributed by atoms with E-state index in [0.717, 1.165) is 22.0 Å². The van der Waals surface area contributed by atoms with Crippen molar-refractivity contribution in [2.24, 2.45) is 0 Å². The van der Waals surface area contributed by atoms with Crippen molar-refractivity contribution < 1.29 is 28.7 Å². The van der Waals surface area contributed by atoms with Crippen molar-refractivity contribution in [2.75, 3.05) is 19.7 Å². The number of hydrogen-bond acceptors (Lipinski definition) is 7. The van der Waals surface area contributed by atoms with Gasteiger partial charge >= 0.3 is 0 Å². The first-order valence-corrected chi connectivity index (χ1v) is 17.4. The molecule has 4 aromatic rings. The van der Waals surface area contributed by atoms with Gasteiger partial charge < -0.3 is 30.9 Å². The molecule has 266 valence electrons. The molecule has 5 amide bonds. The van der Waals surface area contributed by atoms with E-state index >= 15 is 0 Å². The number of ether oxygens (including phenoxy) is 1. The summed E-state index contributed by atoms with van der Waals surface area (Å²) in [5.74, 6) is -1.82. The van der Waals surface area contributed by atoms with Gasteiger partial charge in [-0.25, -0.2) is 0 Å². The number of nitrogens with one attached hydrogen (secondary N) is 4. The Balaban J connectivity index is 1.16. The van der Waals surface area contributed by atoms with Crippen LogP contribution < -0.4 is 26.0 Å². The van der Waals surface area contributed by atoms with Crippen molar-refractivity contribution in [3.63, 3.8) is 0 Å². The maximum Gasteiger partial charge on any atom is 0.258 e. The number of para-hydroxylation sites is 1. The van der Waals surface area contributed by atoms with Crippen molar-refractivity contribution >= 4 is 40.4 Å². The SMILES string of the molecule is C[C@@H]1NC(=O)[C@H]2CCCN2C(=O)[C@@H](Cc2ccccc2)NC(=O)COc2ccc(cc2)C[C@@H](C(=O)NCCCn2ncc3ccccc32)NC1=O. The van der Waals surface area contributed by atoms with Crippen LogP contribution in [-0.2, 0) is 43.4 Å². The minimum Gasteiger partial charge on any atom is -0.484 e. The highest BCUT2D eigenvalue weighted by Crippen LogP contribution is 2.21. The molecule has 4 heterocycles. The third-order valence-electron chi connectivity index (χ3n) is 9.27. The number of rotatable bonds is 7. The number of carbonyl (C=O) groups excluding carboxylic acids is 5. The molecule has 3 aliphatic rings. The van der Waals surface area contributed by atoms with E-state index in [-0.39, 0.29) is 31.3 Å². The number of aryl methyl sites for hydroxylation is 1. The minimum atomic E-state index is -0.990. The third-order valence-corrected chi connectivity index (χ3v) is 9.27. The van der Waals surface area contributed by atoms with Gasteiger partial charge in [-0.15, -0.1) is 0 Å². The van der Waals surface area contributed by atoms with Crippen molar-refractivity contribution in [2.45, 2.75) is 69.7 Å². The number of benzene rings is 3. The summed E-state index contributed by atoms with van der Waals surface area (Å²) in [4.78, 5) is 69.0. The lowest BCUT2D eigenvalue weighted by molar-refractivity contribution is -0.142. The molecule has 3 aromatic carbocycles. The lowest BCUT2D eigenvalue weighted by Gasteiger charge is -2.29. The quantitative estimate of drug-likeness (QED) is 0.215. The van der Waals surface area contributed by atoms with Gasteiger partial charge in [0.2, 0.25) is 23.6 Å². The Bertz CT molecular complexity index is 1860. The second-order valence-corrected chi connectivity index (χ2v) is 13.0. The topological polar surface area (TPSA) is 164 Å². The van der Waals surface area contributed by atoms with Crippen molar-refractivity contribution in [3.8, 4) is 5.75 Å². The van der Waals surface area contributed by atoms with E-state index in [1.165, 1.54) is 4.90 Å². The third kappa shape index (κ3) is 8.91. The molecule has 7 rings (SSSR count). The molecule has 2 bridgehead atoms. The minimum absolute atomic E-state index is 0.175. The van der Waals surface area contributed by atoms with E-state index in [2.05, 4.69) is 26.4 Å². The average Bonchev–Trinajstić information content (AvgIpc) is 3.80. The average molecular weight is 694 g/mol. The first-order chi connectivity index (χ1) is 24.7. The van der Waals surface area contributed by atoms with Crippen LogP contribution in [0.2, 0.25) is 0 Å². The summed E-state index contributed by atoms with van der Waals surface area (Å²) < 4.78 is 7.64. The molecule has 51 heavy (non-hydrogen) atoms. The van der Waals surface area contributed by atoms with E-state index < -0.39 is 41.9 Å². The van der Waals surface area contributed by atoms with E-state index in [0.29, 0.717) is 44.6 Å². The molecule has 1 saturated heterocycles. The van der Waals surface area contributed by atoms with Gasteiger partial charge in [0.05, 0.1) is 11.7 Å². The monoisotopic (exact) mass is 693 g/mol. The maximum atomic E-state index is 13.9. The molecular weight excluding hydrogens is 650 g/mol. The van der Waals surface area contributed by atoms with E-state index in [4.69, 9.17) is 4.74 Å². The maximum absolute atomic E-state index is 13.9. The number of hydrogen-bond donors (Lipinski definition) is 4. The zero-order valence-electron chi connectivity index (χ0n) is 28.5. The van der Waals surface area contributed by atoms with Crippen LogP contribution in [0.1, 0.15) is 37.3 Å². The predicted octanol–water partition coefficient (Wildman–Crippen LogP) is 1.89. The van der Waals surface area contributed by atoms with Gasteiger partial charge in [0.15, 0.2) is 6.61 Å². The highest BCUT2D eigenvalue weighted by Gasteiger charge is 2.39. The summed E-state index contributed by atoms with van der Waals surface area (Å²) in [7, 11) is 0. The summed E-state index contributed by atoms with van der Waals surface area (Å²) in [6, 6.07) is 20.4. The zero-order chi connectivity index (χ0) is 35.7. The molecule has 3 aliphatic heterocycles. The van der Waals surface area contributed by atoms with Gasteiger partial charge in [-0.3, -0.25) is 28.7 Å². The van der Waals surface area contributed by atoms with Gasteiger partial charge in [0.25, 0.3) is 5.91 Å². The molecule has 4 N–H and O–H groups in total. The van der Waals surface area contributed by atoms with Crippen LogP contribution >= 0.6 is 0 Å². The van der Waals surface area contributed by atoms with Gasteiger partial charge in [0.1, 0.15) is 29.9 Å². The summed E-state index contributed by atoms with van der Waals surface area (Å²) in [6.45, 7) is 2.51. The Morgan fingerprint density at radius 3 is 2.49 bits per heavy atom. The summed E-state index contributed by atoms with van der Waals surface area (Å²) in [5, 5.41) is 16.8. The molecule has 0 aliphatic carbocycles. The van der Waals surface area contributed by atoms with E-state index in [9.17, 15) is 24.0 Å². The fourth-order valence-corrected chi connectivity index (χ4v) is 6.54. The van der Waals surface area contributed by atoms with Crippen LogP contribution in [0.5, 0.6) is 5.75 Å². The summed E-state index contributed by atoms with van der Waals surface area (Å²) in [6.07, 6.45) is 3.83. The standard InChI is InChI=1S/C38H43N7O6/c1-25-35(47)43-30(36(48)39-18-8-20-45-32-12-6-5-11-28(32)23-40-45)21-27-14-16-29(17-15-27)51-24-34(46)42-31(22-26-9-3-2-4-10-26)38(50)44-19-7-13-33(44)37(49)41-25/h2-6,9-12,14-17,23,25,30-31,33H,7-8,13,18-22,24H2,1H3,(H,39,48)(H,41,49)(H,42,46)(H,43,47)/t25-,30-,31+,33+/m0/s1. The molecular formula is C38H43N7O6. The predicted molar refractivity (Wildman–Crippen MR) is 189 cm³/mol. The lowest BCUT2D eigenvalue weighted by atomic mass is 10.0. The first kappa shape index (κ1) is 35.1. The van der Waals surface area contributed by atoms with Gasteiger partial charge in [-0.1, -0.05) is 60.7 Å². The number of carbonyl (C=O) groups is 5. The second-order valence-electron chi connectivity index (χ2n) is 13.0. The van der Waals surface area contributed by atoms with Crippen LogP contribution in [0.15, 0.2) is 85.1 Å². The smallest absolute Gasteiger partial charge is 0.258 e. The van der Waals surface area contributed by atoms with Crippen LogP contribution in [0, 0.1) is 0 Å². The van der Waals surface area contributed by atoms with Crippen LogP contribution in [0.25, 0.3) is 10.9 Å². The Hall–Kier alpha value is -5.72. The largest absolute Gasteiger partial charge is 0.484 e. The lowest BCUT2D eigenvalue weighted by Crippen LogP contribution is -2.57. The van der Waals surface area contributed by atoms with Crippen molar-refractivity contribution in [3.05, 3.63) is 96.2 Å². The zero-order valence-corrected chi connectivity index (χ0v) is 28.5. The van der Waals surface area contributed by atoms with E-state index in [1.54, 1.807) is 31.2 Å². The molecule has 4 atom stereocenters. The molecule has 1 aromatic heterocycles. The summed E-state index contributed by atoms with van der Waals surface area (Å²) in [5.41, 5.74) is 2.61. The molecule has 0 spiro atoms. The molecule has 0 radical (unpaired) electrons. The molecule has 1 fully saturated rings. The molecule has 0 unspecified atom stereocenters. The number of amides is 5. The number of aromatic nitrogens is 2. The normalized spacial score (nSPS) is 21.8. The fraction of sp³-hybridized carbons (Fsp3) is 0.368.